The van der Waals surface area contributed by atoms with E-state index in [9.17, 15) is 14.4 Å². The summed E-state index contributed by atoms with van der Waals surface area (Å²) in [4.78, 5) is 40.2. The number of hydrogen-bond acceptors (Lipinski definition) is 6. The first-order chi connectivity index (χ1) is 14.8. The van der Waals surface area contributed by atoms with Crippen molar-refractivity contribution in [2.24, 2.45) is 0 Å². The number of esters is 1. The van der Waals surface area contributed by atoms with Crippen molar-refractivity contribution >= 4 is 35.1 Å². The largest absolute Gasteiger partial charge is 0.461 e. The SMILES string of the molecule is CCOC(=O)c1cc2n(n1)C[C@](C)(C(=O)NCCCOC)N(c1ccc(Cl)cc1)C2=O. The molecule has 166 valence electrons. The van der Waals surface area contributed by atoms with Crippen LogP contribution in [0.5, 0.6) is 0 Å². The van der Waals surface area contributed by atoms with Crippen molar-refractivity contribution in [3.8, 4) is 0 Å². The number of rotatable bonds is 8. The molecule has 1 N–H and O–H groups in total. The lowest BCUT2D eigenvalue weighted by atomic mass is 9.94. The maximum Gasteiger partial charge on any atom is 0.358 e. The zero-order valence-corrected chi connectivity index (χ0v) is 18.4. The van der Waals surface area contributed by atoms with Crippen LogP contribution in [0.25, 0.3) is 0 Å². The molecule has 9 nitrogen and oxygen atoms in total. The number of fused-ring (bicyclic) bond motifs is 1. The van der Waals surface area contributed by atoms with E-state index in [2.05, 4.69) is 10.4 Å². The Bertz CT molecular complexity index is 975. The lowest BCUT2D eigenvalue weighted by Gasteiger charge is -2.43. The number of ether oxygens (including phenoxy) is 2. The summed E-state index contributed by atoms with van der Waals surface area (Å²) in [6.07, 6.45) is 0.632. The van der Waals surface area contributed by atoms with E-state index in [-0.39, 0.29) is 30.4 Å². The molecule has 3 rings (SSSR count). The van der Waals surface area contributed by atoms with Crippen molar-refractivity contribution < 1.29 is 23.9 Å². The Morgan fingerprint density at radius 1 is 1.29 bits per heavy atom. The predicted octanol–water partition coefficient (Wildman–Crippen LogP) is 2.29. The van der Waals surface area contributed by atoms with Gasteiger partial charge >= 0.3 is 5.97 Å². The third-order valence-electron chi connectivity index (χ3n) is 5.02. The second-order valence-corrected chi connectivity index (χ2v) is 7.72. The van der Waals surface area contributed by atoms with Crippen molar-refractivity contribution in [1.29, 1.82) is 0 Å². The van der Waals surface area contributed by atoms with Gasteiger partial charge in [0, 0.05) is 37.0 Å². The molecule has 0 bridgehead atoms. The van der Waals surface area contributed by atoms with Gasteiger partial charge in [0.1, 0.15) is 11.2 Å². The number of anilines is 1. The van der Waals surface area contributed by atoms with Crippen LogP contribution in [0, 0.1) is 0 Å². The Morgan fingerprint density at radius 2 is 2.00 bits per heavy atom. The van der Waals surface area contributed by atoms with E-state index in [1.165, 1.54) is 15.6 Å². The Morgan fingerprint density at radius 3 is 2.65 bits per heavy atom. The minimum absolute atomic E-state index is 0.0195. The predicted molar refractivity (Wildman–Crippen MR) is 114 cm³/mol. The number of halogens is 1. The maximum atomic E-state index is 13.5. The number of hydrogen-bond donors (Lipinski definition) is 1. The first kappa shape index (κ1) is 22.8. The summed E-state index contributed by atoms with van der Waals surface area (Å²) >= 11 is 6.01. The standard InChI is InChI=1S/C21H25ClN4O5/c1-4-31-19(28)16-12-17-18(27)26(15-8-6-14(22)7-9-15)21(2,13-25(17)24-16)20(29)23-10-5-11-30-3/h6-9,12H,4-5,10-11,13H2,1-3H3,(H,23,29)/t21-/m1/s1. The molecule has 1 aromatic heterocycles. The number of carbonyl (C=O) groups excluding carboxylic acids is 3. The summed E-state index contributed by atoms with van der Waals surface area (Å²) < 4.78 is 11.4. The molecule has 0 unspecified atom stereocenters. The second kappa shape index (κ2) is 9.49. The average Bonchev–Trinajstić information content (AvgIpc) is 3.17. The van der Waals surface area contributed by atoms with Crippen molar-refractivity contribution in [2.75, 3.05) is 31.8 Å². The fourth-order valence-corrected chi connectivity index (χ4v) is 3.62. The summed E-state index contributed by atoms with van der Waals surface area (Å²) in [5.74, 6) is -1.42. The molecule has 0 aliphatic carbocycles. The first-order valence-electron chi connectivity index (χ1n) is 9.94. The molecule has 0 spiro atoms. The topological polar surface area (TPSA) is 103 Å². The van der Waals surface area contributed by atoms with Gasteiger partial charge in [0.2, 0.25) is 5.91 Å². The minimum atomic E-state index is -1.29. The van der Waals surface area contributed by atoms with E-state index in [4.69, 9.17) is 21.1 Å². The van der Waals surface area contributed by atoms with Crippen LogP contribution in [0.4, 0.5) is 5.69 Å². The van der Waals surface area contributed by atoms with Crippen LogP contribution in [0.15, 0.2) is 30.3 Å². The van der Waals surface area contributed by atoms with Crippen LogP contribution < -0.4 is 10.2 Å². The van der Waals surface area contributed by atoms with Crippen molar-refractivity contribution in [2.45, 2.75) is 32.4 Å². The molecule has 10 heteroatoms. The van der Waals surface area contributed by atoms with E-state index in [1.807, 2.05) is 0 Å². The van der Waals surface area contributed by atoms with Crippen LogP contribution in [0.2, 0.25) is 5.02 Å². The smallest absolute Gasteiger partial charge is 0.358 e. The average molecular weight is 449 g/mol. The molecule has 1 aliphatic heterocycles. The Balaban J connectivity index is 2.00. The minimum Gasteiger partial charge on any atom is -0.461 e. The number of nitrogens with one attached hydrogen (secondary N) is 1. The van der Waals surface area contributed by atoms with Gasteiger partial charge < -0.3 is 14.8 Å². The van der Waals surface area contributed by atoms with Gasteiger partial charge in [0.05, 0.1) is 13.2 Å². The van der Waals surface area contributed by atoms with Crippen LogP contribution in [0.3, 0.4) is 0 Å². The third-order valence-corrected chi connectivity index (χ3v) is 5.27. The van der Waals surface area contributed by atoms with Gasteiger partial charge in [-0.25, -0.2) is 4.79 Å². The molecule has 1 atom stereocenters. The highest BCUT2D eigenvalue weighted by Crippen LogP contribution is 2.33. The Kier molecular flexibility index (Phi) is 6.97. The summed E-state index contributed by atoms with van der Waals surface area (Å²) in [5.41, 5.74) is -0.564. The summed E-state index contributed by atoms with van der Waals surface area (Å²) in [5, 5.41) is 7.60. The zero-order valence-electron chi connectivity index (χ0n) is 17.7. The number of carbonyl (C=O) groups is 3. The quantitative estimate of drug-likeness (QED) is 0.491. The molecule has 2 heterocycles. The number of benzene rings is 1. The molecule has 0 fully saturated rings. The summed E-state index contributed by atoms with van der Waals surface area (Å²) in [7, 11) is 1.59. The van der Waals surface area contributed by atoms with E-state index < -0.39 is 17.4 Å². The highest BCUT2D eigenvalue weighted by atomic mass is 35.5. The van der Waals surface area contributed by atoms with E-state index >= 15 is 0 Å². The Hall–Kier alpha value is -2.91. The van der Waals surface area contributed by atoms with Gasteiger partial charge in [-0.3, -0.25) is 19.2 Å². The highest BCUT2D eigenvalue weighted by Gasteiger charge is 2.49. The summed E-state index contributed by atoms with van der Waals surface area (Å²) in [6, 6.07) is 8.04. The monoisotopic (exact) mass is 448 g/mol. The van der Waals surface area contributed by atoms with Crippen molar-refractivity contribution in [1.82, 2.24) is 15.1 Å². The van der Waals surface area contributed by atoms with Crippen LogP contribution in [0.1, 0.15) is 41.2 Å². The fraction of sp³-hybridized carbons (Fsp3) is 0.429. The van der Waals surface area contributed by atoms with Crippen LogP contribution >= 0.6 is 11.6 Å². The zero-order chi connectivity index (χ0) is 22.6. The molecule has 1 aliphatic rings. The third kappa shape index (κ3) is 4.57. The number of nitrogens with zero attached hydrogens (tertiary/aromatic N) is 3. The molecule has 2 aromatic rings. The normalized spacial score (nSPS) is 17.9. The molecule has 2 amide bonds. The van der Waals surface area contributed by atoms with Gasteiger partial charge in [-0.05, 0) is 44.5 Å². The molecule has 0 radical (unpaired) electrons. The molecule has 0 saturated carbocycles. The van der Waals surface area contributed by atoms with E-state index in [0.29, 0.717) is 30.3 Å². The molecule has 31 heavy (non-hydrogen) atoms. The number of aromatic nitrogens is 2. The maximum absolute atomic E-state index is 13.5. The first-order valence-corrected chi connectivity index (χ1v) is 10.3. The lowest BCUT2D eigenvalue weighted by molar-refractivity contribution is -0.126. The van der Waals surface area contributed by atoms with E-state index in [1.54, 1.807) is 45.2 Å². The highest BCUT2D eigenvalue weighted by molar-refractivity contribution is 6.30. The van der Waals surface area contributed by atoms with Crippen molar-refractivity contribution in [3.05, 3.63) is 46.7 Å². The van der Waals surface area contributed by atoms with Gasteiger partial charge in [0.15, 0.2) is 5.69 Å². The molecular formula is C21H25ClN4O5. The number of methoxy groups -OCH3 is 1. The number of amides is 2. The van der Waals surface area contributed by atoms with Gasteiger partial charge in [0.25, 0.3) is 5.91 Å². The lowest BCUT2D eigenvalue weighted by Crippen LogP contribution is -2.64. The van der Waals surface area contributed by atoms with Gasteiger partial charge in [-0.2, -0.15) is 5.10 Å². The van der Waals surface area contributed by atoms with Gasteiger partial charge in [-0.1, -0.05) is 11.6 Å². The van der Waals surface area contributed by atoms with Crippen LogP contribution in [-0.2, 0) is 20.8 Å². The molecule has 1 aromatic carbocycles. The van der Waals surface area contributed by atoms with Gasteiger partial charge in [-0.15, -0.1) is 0 Å². The second-order valence-electron chi connectivity index (χ2n) is 7.29. The molecular weight excluding hydrogens is 424 g/mol. The van der Waals surface area contributed by atoms with Crippen molar-refractivity contribution in [3.63, 3.8) is 0 Å². The fourth-order valence-electron chi connectivity index (χ4n) is 3.49. The van der Waals surface area contributed by atoms with Crippen LogP contribution in [-0.4, -0.2) is 60.0 Å². The summed E-state index contributed by atoms with van der Waals surface area (Å²) in [6.45, 7) is 4.50. The Labute approximate surface area is 185 Å². The van der Waals surface area contributed by atoms with E-state index in [0.717, 1.165) is 0 Å². The molecule has 0 saturated heterocycles.